The first-order valence-corrected chi connectivity index (χ1v) is 7.52. The van der Waals surface area contributed by atoms with Crippen molar-refractivity contribution in [2.45, 2.75) is 32.5 Å². The van der Waals surface area contributed by atoms with Crippen molar-refractivity contribution >= 4 is 18.5 Å². The molecule has 1 saturated heterocycles. The molecule has 2 atom stereocenters. The van der Waals surface area contributed by atoms with E-state index < -0.39 is 6.72 Å². The summed E-state index contributed by atoms with van der Waals surface area (Å²) in [6.07, 6.45) is 0.694. The summed E-state index contributed by atoms with van der Waals surface area (Å²) in [4.78, 5) is 11.0. The second-order valence-electron chi connectivity index (χ2n) is 5.20. The Morgan fingerprint density at radius 1 is 1.13 bits per heavy atom. The van der Waals surface area contributed by atoms with Crippen LogP contribution in [-0.4, -0.2) is 44.9 Å². The molecule has 0 aromatic carbocycles. The maximum atomic E-state index is 11.0. The van der Waals surface area contributed by atoms with Crippen molar-refractivity contribution in [3.63, 3.8) is 0 Å². The van der Waals surface area contributed by atoms with E-state index in [1.807, 2.05) is 13.8 Å². The van der Waals surface area contributed by atoms with Gasteiger partial charge in [-0.05, 0) is 13.8 Å². The highest BCUT2D eigenvalue weighted by molar-refractivity contribution is 8.06. The van der Waals surface area contributed by atoms with Gasteiger partial charge in [0.05, 0.1) is 40.4 Å². The Kier molecular flexibility index (Phi) is 5.90. The minimum absolute atomic E-state index is 0.0351. The summed E-state index contributed by atoms with van der Waals surface area (Å²) in [5.41, 5.74) is 0. The number of rotatable bonds is 0. The Balaban J connectivity index is 0.000000336. The third-order valence-electron chi connectivity index (χ3n) is 1.28. The highest BCUT2D eigenvalue weighted by Crippen LogP contribution is 2.46. The van der Waals surface area contributed by atoms with Gasteiger partial charge in [0.1, 0.15) is 6.72 Å². The lowest BCUT2D eigenvalue weighted by Crippen LogP contribution is -2.27. The quantitative estimate of drug-likeness (QED) is 0.480. The molecular formula is C9H22NO3PS. The van der Waals surface area contributed by atoms with E-state index >= 15 is 0 Å². The lowest BCUT2D eigenvalue weighted by atomic mass is 10.2. The molecule has 2 unspecified atom stereocenters. The van der Waals surface area contributed by atoms with Crippen LogP contribution in [0.4, 0.5) is 0 Å². The second kappa shape index (κ2) is 5.71. The minimum Gasteiger partial charge on any atom is -0.780 e. The average Bonchev–Trinajstić information content (AvgIpc) is 1.73. The Bertz CT molecular complexity index is 222. The first-order valence-electron chi connectivity index (χ1n) is 4.96. The molecule has 6 heteroatoms. The summed E-state index contributed by atoms with van der Waals surface area (Å²) < 4.78 is 10.8. The van der Waals surface area contributed by atoms with Gasteiger partial charge >= 0.3 is 0 Å². The molecule has 1 aliphatic heterocycles. The maximum absolute atomic E-state index is 11.0. The van der Waals surface area contributed by atoms with Gasteiger partial charge in [-0.1, -0.05) is 11.8 Å². The number of quaternary nitrogens is 1. The zero-order valence-corrected chi connectivity index (χ0v) is 12.1. The van der Waals surface area contributed by atoms with Crippen LogP contribution in [0, 0.1) is 0 Å². The van der Waals surface area contributed by atoms with E-state index in [1.54, 1.807) is 0 Å². The van der Waals surface area contributed by atoms with Gasteiger partial charge in [-0.15, -0.1) is 0 Å². The van der Waals surface area contributed by atoms with E-state index in [0.717, 1.165) is 10.9 Å². The van der Waals surface area contributed by atoms with Crippen molar-refractivity contribution in [2.75, 3.05) is 28.2 Å². The van der Waals surface area contributed by atoms with Crippen LogP contribution < -0.4 is 4.89 Å². The number of hydrogen-bond acceptors (Lipinski definition) is 4. The minimum atomic E-state index is -3.12. The van der Waals surface area contributed by atoms with E-state index in [9.17, 15) is 4.89 Å². The Morgan fingerprint density at radius 3 is 1.60 bits per heavy atom. The van der Waals surface area contributed by atoms with Gasteiger partial charge < -0.3 is 18.4 Å². The van der Waals surface area contributed by atoms with Crippen LogP contribution in [0.1, 0.15) is 20.3 Å². The average molecular weight is 255 g/mol. The summed E-state index contributed by atoms with van der Waals surface area (Å²) in [5, 5.41) is 0. The van der Waals surface area contributed by atoms with Gasteiger partial charge in [-0.2, -0.15) is 0 Å². The first-order chi connectivity index (χ1) is 6.49. The summed E-state index contributed by atoms with van der Waals surface area (Å²) in [7, 11) is 8.50. The Labute approximate surface area is 98.0 Å². The highest BCUT2D eigenvalue weighted by Gasteiger charge is 2.22. The van der Waals surface area contributed by atoms with Crippen molar-refractivity contribution in [3.8, 4) is 0 Å². The molecule has 0 aromatic heterocycles. The van der Waals surface area contributed by atoms with Gasteiger partial charge in [0.2, 0.25) is 0 Å². The molecule has 1 fully saturated rings. The van der Waals surface area contributed by atoms with E-state index in [0.29, 0.717) is 0 Å². The molecule has 0 saturated carbocycles. The summed E-state index contributed by atoms with van der Waals surface area (Å²) in [6.45, 7) is 0.575. The van der Waals surface area contributed by atoms with E-state index in [4.69, 9.17) is 9.05 Å². The smallest absolute Gasteiger partial charge is 0.116 e. The van der Waals surface area contributed by atoms with Crippen LogP contribution in [0.15, 0.2) is 0 Å². The highest BCUT2D eigenvalue weighted by atomic mass is 32.5. The molecule has 1 rings (SSSR count). The lowest BCUT2D eigenvalue weighted by molar-refractivity contribution is -0.849. The van der Waals surface area contributed by atoms with Gasteiger partial charge in [0.25, 0.3) is 0 Å². The predicted octanol–water partition coefficient (Wildman–Crippen LogP) is 1.11. The van der Waals surface area contributed by atoms with Gasteiger partial charge in [0, 0.05) is 6.42 Å². The first kappa shape index (κ1) is 15.5. The fourth-order valence-corrected chi connectivity index (χ4v) is 3.00. The van der Waals surface area contributed by atoms with Gasteiger partial charge in [-0.3, -0.25) is 0 Å². The summed E-state index contributed by atoms with van der Waals surface area (Å²) in [5.74, 6) is 0. The monoisotopic (exact) mass is 255 g/mol. The Morgan fingerprint density at radius 2 is 1.40 bits per heavy atom. The van der Waals surface area contributed by atoms with Crippen molar-refractivity contribution < 1.29 is 18.4 Å². The standard InChI is InChI=1S/C5H11O3PS.C4H12N/c1-4-3-5(2)8-9(6,10)7-4;1-5(2,3)4/h4-5H,3H2,1-2H3,(H,6,10);1-4H3/q;+1/p-1. The molecular weight excluding hydrogens is 233 g/mol. The fraction of sp³-hybridized carbons (Fsp3) is 1.00. The SMILES string of the molecule is CC1CC(C)OP([O-])(=S)O1.C[N+](C)(C)C. The topological polar surface area (TPSA) is 41.5 Å². The summed E-state index contributed by atoms with van der Waals surface area (Å²) >= 11 is 4.56. The molecule has 1 aliphatic rings. The van der Waals surface area contributed by atoms with Gasteiger partial charge in [-0.25, -0.2) is 0 Å². The molecule has 0 N–H and O–H groups in total. The van der Waals surface area contributed by atoms with Crippen LogP contribution in [0.3, 0.4) is 0 Å². The summed E-state index contributed by atoms with van der Waals surface area (Å²) in [6, 6.07) is 0. The maximum Gasteiger partial charge on any atom is 0.116 e. The molecule has 0 spiro atoms. The van der Waals surface area contributed by atoms with E-state index in [1.165, 1.54) is 0 Å². The molecule has 0 amide bonds. The molecule has 0 radical (unpaired) electrons. The predicted molar refractivity (Wildman–Crippen MR) is 64.0 cm³/mol. The largest absolute Gasteiger partial charge is 0.780 e. The van der Waals surface area contributed by atoms with Crippen LogP contribution in [-0.2, 0) is 20.9 Å². The van der Waals surface area contributed by atoms with Crippen molar-refractivity contribution in [1.29, 1.82) is 0 Å². The third kappa shape index (κ3) is 10.8. The molecule has 15 heavy (non-hydrogen) atoms. The van der Waals surface area contributed by atoms with Crippen LogP contribution in [0.2, 0.25) is 0 Å². The molecule has 1 heterocycles. The molecule has 0 aliphatic carbocycles. The van der Waals surface area contributed by atoms with E-state index in [2.05, 4.69) is 40.0 Å². The van der Waals surface area contributed by atoms with Gasteiger partial charge in [0.15, 0.2) is 0 Å². The number of nitrogens with zero attached hydrogens (tertiary/aromatic N) is 1. The zero-order chi connectivity index (χ0) is 12.3. The number of hydrogen-bond donors (Lipinski definition) is 0. The fourth-order valence-electron chi connectivity index (χ4n) is 1.02. The zero-order valence-electron chi connectivity index (χ0n) is 10.4. The Hall–Kier alpha value is 0.490. The van der Waals surface area contributed by atoms with Crippen molar-refractivity contribution in [3.05, 3.63) is 0 Å². The molecule has 4 nitrogen and oxygen atoms in total. The van der Waals surface area contributed by atoms with Crippen LogP contribution in [0.25, 0.3) is 0 Å². The van der Waals surface area contributed by atoms with Crippen LogP contribution in [0.5, 0.6) is 0 Å². The van der Waals surface area contributed by atoms with Crippen LogP contribution >= 0.6 is 6.72 Å². The molecule has 92 valence electrons. The second-order valence-corrected chi connectivity index (χ2v) is 7.86. The van der Waals surface area contributed by atoms with Crippen molar-refractivity contribution in [2.24, 2.45) is 0 Å². The van der Waals surface area contributed by atoms with E-state index in [-0.39, 0.29) is 12.2 Å². The lowest BCUT2D eigenvalue weighted by Gasteiger charge is -2.38. The third-order valence-corrected chi connectivity index (χ3v) is 3.03. The molecule has 0 bridgehead atoms. The van der Waals surface area contributed by atoms with Crippen molar-refractivity contribution in [1.82, 2.24) is 0 Å². The normalized spacial score (nSPS) is 36.7. The molecule has 0 aromatic rings.